The third kappa shape index (κ3) is 8.01. The van der Waals surface area contributed by atoms with Crippen LogP contribution >= 0.6 is 0 Å². The van der Waals surface area contributed by atoms with Gasteiger partial charge in [0.2, 0.25) is 21.8 Å². The highest BCUT2D eigenvalue weighted by atomic mass is 32.2. The Bertz CT molecular complexity index is 1180. The van der Waals surface area contributed by atoms with E-state index in [0.29, 0.717) is 17.9 Å². The smallest absolute Gasteiger partial charge is 0.244 e. The van der Waals surface area contributed by atoms with Gasteiger partial charge in [-0.3, -0.25) is 13.9 Å². The summed E-state index contributed by atoms with van der Waals surface area (Å²) in [5.74, 6) is 0.377. The lowest BCUT2D eigenvalue weighted by atomic mass is 10.1. The number of nitrogens with zero attached hydrogens (tertiary/aromatic N) is 2. The molecule has 37 heavy (non-hydrogen) atoms. The summed E-state index contributed by atoms with van der Waals surface area (Å²) in [5, 5.41) is 2.86. The maximum absolute atomic E-state index is 13.8. The van der Waals surface area contributed by atoms with Crippen molar-refractivity contribution in [2.24, 2.45) is 0 Å². The van der Waals surface area contributed by atoms with Gasteiger partial charge in [0, 0.05) is 18.7 Å². The van der Waals surface area contributed by atoms with Crippen molar-refractivity contribution >= 4 is 27.5 Å². The molecule has 2 amide bonds. The molecular weight excluding hydrogens is 498 g/mol. The molecule has 2 rings (SSSR count). The van der Waals surface area contributed by atoms with E-state index in [0.717, 1.165) is 16.1 Å². The number of sulfonamides is 1. The molecule has 0 unspecified atom stereocenters. The van der Waals surface area contributed by atoms with Crippen LogP contribution in [0.1, 0.15) is 32.8 Å². The van der Waals surface area contributed by atoms with Crippen LogP contribution in [0.5, 0.6) is 17.2 Å². The Kier molecular flexibility index (Phi) is 10.6. The molecule has 0 radical (unpaired) electrons. The number of amides is 2. The standard InChI is InChI=1S/C26H37N3O7S/c1-8-22(26(31)27-18(2)3)28(16-19-10-9-11-20(14-19)34-4)25(30)17-29(37(7,32)33)23-15-21(35-5)12-13-24(23)36-6/h9-15,18,22H,8,16-17H2,1-7H3,(H,27,31)/t22-/m1/s1. The van der Waals surface area contributed by atoms with Crippen LogP contribution in [0.3, 0.4) is 0 Å². The van der Waals surface area contributed by atoms with E-state index in [1.165, 1.54) is 25.2 Å². The molecule has 2 aromatic carbocycles. The minimum Gasteiger partial charge on any atom is -0.497 e. The Morgan fingerprint density at radius 1 is 0.973 bits per heavy atom. The first kappa shape index (κ1) is 29.8. The molecule has 1 N–H and O–H groups in total. The third-order valence-electron chi connectivity index (χ3n) is 5.64. The van der Waals surface area contributed by atoms with Crippen molar-refractivity contribution < 1.29 is 32.2 Å². The van der Waals surface area contributed by atoms with E-state index in [1.54, 1.807) is 44.4 Å². The summed E-state index contributed by atoms with van der Waals surface area (Å²) >= 11 is 0. The lowest BCUT2D eigenvalue weighted by Gasteiger charge is -2.33. The molecule has 0 aliphatic carbocycles. The van der Waals surface area contributed by atoms with Crippen LogP contribution in [-0.4, -0.2) is 71.3 Å². The van der Waals surface area contributed by atoms with Gasteiger partial charge in [-0.1, -0.05) is 19.1 Å². The zero-order valence-corrected chi connectivity index (χ0v) is 23.3. The second-order valence-corrected chi connectivity index (χ2v) is 10.7. The molecule has 0 aromatic heterocycles. The van der Waals surface area contributed by atoms with E-state index < -0.39 is 28.5 Å². The summed E-state index contributed by atoms with van der Waals surface area (Å²) in [5.41, 5.74) is 0.882. The van der Waals surface area contributed by atoms with E-state index in [2.05, 4.69) is 5.32 Å². The topological polar surface area (TPSA) is 114 Å². The second kappa shape index (κ2) is 13.2. The first-order valence-corrected chi connectivity index (χ1v) is 13.7. The lowest BCUT2D eigenvalue weighted by Crippen LogP contribution is -2.53. The number of rotatable bonds is 13. The number of benzene rings is 2. The largest absolute Gasteiger partial charge is 0.497 e. The minimum absolute atomic E-state index is 0.0763. The van der Waals surface area contributed by atoms with E-state index in [4.69, 9.17) is 14.2 Å². The molecule has 0 aliphatic heterocycles. The molecule has 11 heteroatoms. The fourth-order valence-corrected chi connectivity index (χ4v) is 4.70. The van der Waals surface area contributed by atoms with Gasteiger partial charge >= 0.3 is 0 Å². The molecular formula is C26H37N3O7S. The molecule has 1 atom stereocenters. The predicted octanol–water partition coefficient (Wildman–Crippen LogP) is 2.81. The van der Waals surface area contributed by atoms with Crippen LogP contribution in [0, 0.1) is 0 Å². The van der Waals surface area contributed by atoms with Gasteiger partial charge in [0.1, 0.15) is 29.8 Å². The van der Waals surface area contributed by atoms with E-state index in [9.17, 15) is 18.0 Å². The van der Waals surface area contributed by atoms with Crippen molar-refractivity contribution in [3.8, 4) is 17.2 Å². The first-order valence-electron chi connectivity index (χ1n) is 11.9. The van der Waals surface area contributed by atoms with Crippen LogP contribution in [-0.2, 0) is 26.2 Å². The fourth-order valence-electron chi connectivity index (χ4n) is 3.85. The zero-order chi connectivity index (χ0) is 27.8. The van der Waals surface area contributed by atoms with Crippen LogP contribution in [0.25, 0.3) is 0 Å². The Morgan fingerprint density at radius 3 is 2.16 bits per heavy atom. The van der Waals surface area contributed by atoms with Gasteiger partial charge in [0.15, 0.2) is 0 Å². The molecule has 0 spiro atoms. The van der Waals surface area contributed by atoms with Crippen LogP contribution in [0.4, 0.5) is 5.69 Å². The van der Waals surface area contributed by atoms with Gasteiger partial charge in [0.25, 0.3) is 0 Å². The summed E-state index contributed by atoms with van der Waals surface area (Å²) in [4.78, 5) is 28.3. The van der Waals surface area contributed by atoms with Crippen molar-refractivity contribution in [2.75, 3.05) is 38.4 Å². The van der Waals surface area contributed by atoms with Crippen molar-refractivity contribution in [1.82, 2.24) is 10.2 Å². The van der Waals surface area contributed by atoms with Crippen molar-refractivity contribution in [1.29, 1.82) is 0 Å². The molecule has 204 valence electrons. The molecule has 10 nitrogen and oxygen atoms in total. The van der Waals surface area contributed by atoms with Crippen LogP contribution in [0.15, 0.2) is 42.5 Å². The van der Waals surface area contributed by atoms with E-state index in [1.807, 2.05) is 19.9 Å². The Morgan fingerprint density at radius 2 is 1.62 bits per heavy atom. The average Bonchev–Trinajstić information content (AvgIpc) is 2.85. The highest BCUT2D eigenvalue weighted by molar-refractivity contribution is 7.92. The van der Waals surface area contributed by atoms with Gasteiger partial charge in [-0.25, -0.2) is 8.42 Å². The number of methoxy groups -OCH3 is 3. The van der Waals surface area contributed by atoms with E-state index in [-0.39, 0.29) is 29.9 Å². The normalized spacial score (nSPS) is 12.0. The van der Waals surface area contributed by atoms with Crippen LogP contribution in [0.2, 0.25) is 0 Å². The summed E-state index contributed by atoms with van der Waals surface area (Å²) in [6.45, 7) is 5.00. The van der Waals surface area contributed by atoms with Gasteiger partial charge in [-0.05, 0) is 50.1 Å². The lowest BCUT2D eigenvalue weighted by molar-refractivity contribution is -0.140. The Balaban J connectivity index is 2.55. The summed E-state index contributed by atoms with van der Waals surface area (Å²) < 4.78 is 42.7. The van der Waals surface area contributed by atoms with Crippen molar-refractivity contribution in [2.45, 2.75) is 45.8 Å². The third-order valence-corrected chi connectivity index (χ3v) is 6.76. The number of carbonyl (C=O) groups is 2. The number of ether oxygens (including phenoxy) is 3. The number of hydrogen-bond donors (Lipinski definition) is 1. The molecule has 0 heterocycles. The van der Waals surface area contributed by atoms with Gasteiger partial charge < -0.3 is 24.4 Å². The first-order chi connectivity index (χ1) is 17.4. The van der Waals surface area contributed by atoms with E-state index >= 15 is 0 Å². The van der Waals surface area contributed by atoms with Gasteiger partial charge in [0.05, 0.1) is 33.3 Å². The number of carbonyl (C=O) groups excluding carboxylic acids is 2. The summed E-state index contributed by atoms with van der Waals surface area (Å²) in [7, 11) is 0.474. The quantitative estimate of drug-likeness (QED) is 0.419. The highest BCUT2D eigenvalue weighted by Gasteiger charge is 2.33. The summed E-state index contributed by atoms with van der Waals surface area (Å²) in [6.07, 6.45) is 1.34. The van der Waals surface area contributed by atoms with Crippen molar-refractivity contribution in [3.63, 3.8) is 0 Å². The number of anilines is 1. The summed E-state index contributed by atoms with van der Waals surface area (Å²) in [6, 6.07) is 10.9. The predicted molar refractivity (Wildman–Crippen MR) is 143 cm³/mol. The molecule has 0 bridgehead atoms. The van der Waals surface area contributed by atoms with Gasteiger partial charge in [-0.15, -0.1) is 0 Å². The molecule has 0 saturated heterocycles. The monoisotopic (exact) mass is 535 g/mol. The minimum atomic E-state index is -3.93. The van der Waals surface area contributed by atoms with Crippen LogP contribution < -0.4 is 23.8 Å². The maximum Gasteiger partial charge on any atom is 0.244 e. The maximum atomic E-state index is 13.8. The SMILES string of the molecule is CC[C@H](C(=O)NC(C)C)N(Cc1cccc(OC)c1)C(=O)CN(c1cc(OC)ccc1OC)S(C)(=O)=O. The second-order valence-electron chi connectivity index (χ2n) is 8.77. The van der Waals surface area contributed by atoms with Crippen molar-refractivity contribution in [3.05, 3.63) is 48.0 Å². The van der Waals surface area contributed by atoms with Gasteiger partial charge in [-0.2, -0.15) is 0 Å². The fraction of sp³-hybridized carbons (Fsp3) is 0.462. The molecule has 0 fully saturated rings. The molecule has 2 aromatic rings. The Labute approximate surface area is 219 Å². The Hall–Kier alpha value is -3.47. The zero-order valence-electron chi connectivity index (χ0n) is 22.5. The highest BCUT2D eigenvalue weighted by Crippen LogP contribution is 2.34. The molecule has 0 aliphatic rings. The number of nitrogens with one attached hydrogen (secondary N) is 1. The molecule has 0 saturated carbocycles. The number of hydrogen-bond acceptors (Lipinski definition) is 7. The average molecular weight is 536 g/mol.